The molecule has 1 amide bonds. The van der Waals surface area contributed by atoms with Crippen molar-refractivity contribution in [3.63, 3.8) is 0 Å². The molecule has 0 bridgehead atoms. The Balaban J connectivity index is 1.38. The molecule has 0 unspecified atom stereocenters. The molecule has 0 spiro atoms. The van der Waals surface area contributed by atoms with E-state index in [0.717, 1.165) is 49.1 Å². The predicted octanol–water partition coefficient (Wildman–Crippen LogP) is 2.19. The molecule has 6 heteroatoms. The third-order valence-corrected chi connectivity index (χ3v) is 4.95. The summed E-state index contributed by atoms with van der Waals surface area (Å²) in [6.45, 7) is 5.09. The van der Waals surface area contributed by atoms with Gasteiger partial charge in [-0.15, -0.1) is 11.3 Å². The number of hydrogen-bond acceptors (Lipinski definition) is 5. The van der Waals surface area contributed by atoms with Crippen LogP contribution in [0.25, 0.3) is 11.3 Å². The minimum absolute atomic E-state index is 0.0970. The zero-order valence-electron chi connectivity index (χ0n) is 13.7. The van der Waals surface area contributed by atoms with Crippen LogP contribution in [0, 0.1) is 0 Å². The van der Waals surface area contributed by atoms with Crippen LogP contribution >= 0.6 is 11.3 Å². The van der Waals surface area contributed by atoms with Crippen molar-refractivity contribution in [1.29, 1.82) is 0 Å². The van der Waals surface area contributed by atoms with Gasteiger partial charge in [0.05, 0.1) is 23.9 Å². The van der Waals surface area contributed by atoms with Gasteiger partial charge in [0.15, 0.2) is 0 Å². The van der Waals surface area contributed by atoms with Gasteiger partial charge in [0.2, 0.25) is 5.91 Å². The van der Waals surface area contributed by atoms with E-state index in [1.165, 1.54) is 0 Å². The Morgan fingerprint density at radius 2 is 2.04 bits per heavy atom. The number of amides is 1. The minimum atomic E-state index is 0.0970. The summed E-state index contributed by atoms with van der Waals surface area (Å²) >= 11 is 1.62. The lowest BCUT2D eigenvalue weighted by molar-refractivity contribution is -0.121. The number of carbonyl (C=O) groups is 1. The standard InChI is InChI=1S/C18H23N3O2S/c22-17(19-8-9-21-10-12-23-13-11-21)6-7-18-20-16(14-24-18)15-4-2-1-3-5-15/h1-5,14H,6-13H2,(H,19,22). The Morgan fingerprint density at radius 3 is 2.83 bits per heavy atom. The van der Waals surface area contributed by atoms with E-state index >= 15 is 0 Å². The van der Waals surface area contributed by atoms with E-state index in [0.29, 0.717) is 19.4 Å². The summed E-state index contributed by atoms with van der Waals surface area (Å²) in [5.41, 5.74) is 2.11. The Labute approximate surface area is 146 Å². The van der Waals surface area contributed by atoms with E-state index in [-0.39, 0.29) is 5.91 Å². The van der Waals surface area contributed by atoms with Crippen molar-refractivity contribution in [3.8, 4) is 11.3 Å². The van der Waals surface area contributed by atoms with Crippen LogP contribution in [0.4, 0.5) is 0 Å². The highest BCUT2D eigenvalue weighted by Gasteiger charge is 2.11. The first-order chi connectivity index (χ1) is 11.8. The van der Waals surface area contributed by atoms with Crippen molar-refractivity contribution in [2.24, 2.45) is 0 Å². The maximum atomic E-state index is 12.0. The van der Waals surface area contributed by atoms with Crippen molar-refractivity contribution in [3.05, 3.63) is 40.7 Å². The molecule has 0 atom stereocenters. The summed E-state index contributed by atoms with van der Waals surface area (Å²) in [6, 6.07) is 10.1. The zero-order valence-corrected chi connectivity index (χ0v) is 14.6. The molecule has 0 radical (unpaired) electrons. The molecule has 2 aromatic rings. The van der Waals surface area contributed by atoms with Gasteiger partial charge in [0, 0.05) is 50.0 Å². The second-order valence-corrected chi connectivity index (χ2v) is 6.74. The largest absolute Gasteiger partial charge is 0.379 e. The summed E-state index contributed by atoms with van der Waals surface area (Å²) in [6.07, 6.45) is 1.19. The Hall–Kier alpha value is -1.76. The maximum Gasteiger partial charge on any atom is 0.220 e. The molecule has 1 saturated heterocycles. The highest BCUT2D eigenvalue weighted by atomic mass is 32.1. The minimum Gasteiger partial charge on any atom is -0.379 e. The van der Waals surface area contributed by atoms with Gasteiger partial charge in [0.1, 0.15) is 0 Å². The molecule has 5 nitrogen and oxygen atoms in total. The highest BCUT2D eigenvalue weighted by Crippen LogP contribution is 2.22. The van der Waals surface area contributed by atoms with Crippen molar-refractivity contribution in [1.82, 2.24) is 15.2 Å². The number of ether oxygens (including phenoxy) is 1. The second kappa shape index (κ2) is 8.92. The molecule has 2 heterocycles. The zero-order chi connectivity index (χ0) is 16.6. The highest BCUT2D eigenvalue weighted by molar-refractivity contribution is 7.09. The van der Waals surface area contributed by atoms with E-state index in [2.05, 4.69) is 32.7 Å². The number of carbonyl (C=O) groups excluding carboxylic acids is 1. The van der Waals surface area contributed by atoms with Gasteiger partial charge in [0.25, 0.3) is 0 Å². The summed E-state index contributed by atoms with van der Waals surface area (Å²) in [7, 11) is 0. The number of morpholine rings is 1. The van der Waals surface area contributed by atoms with Gasteiger partial charge >= 0.3 is 0 Å². The number of thiazole rings is 1. The lowest BCUT2D eigenvalue weighted by Crippen LogP contribution is -2.41. The third kappa shape index (κ3) is 5.12. The van der Waals surface area contributed by atoms with Crippen LogP contribution in [0.15, 0.2) is 35.7 Å². The van der Waals surface area contributed by atoms with Gasteiger partial charge in [-0.2, -0.15) is 0 Å². The van der Waals surface area contributed by atoms with E-state index in [1.807, 2.05) is 18.2 Å². The molecule has 0 saturated carbocycles. The third-order valence-electron chi connectivity index (χ3n) is 4.04. The van der Waals surface area contributed by atoms with E-state index in [1.54, 1.807) is 11.3 Å². The Kier molecular flexibility index (Phi) is 6.34. The molecule has 1 fully saturated rings. The molecular formula is C18H23N3O2S. The number of nitrogens with zero attached hydrogens (tertiary/aromatic N) is 2. The molecule has 1 aromatic carbocycles. The first-order valence-corrected chi connectivity index (χ1v) is 9.26. The van der Waals surface area contributed by atoms with E-state index in [4.69, 9.17) is 4.74 Å². The topological polar surface area (TPSA) is 54.5 Å². The molecular weight excluding hydrogens is 322 g/mol. The number of benzene rings is 1. The van der Waals surface area contributed by atoms with E-state index in [9.17, 15) is 4.79 Å². The van der Waals surface area contributed by atoms with Crippen LogP contribution in [-0.2, 0) is 16.0 Å². The summed E-state index contributed by atoms with van der Waals surface area (Å²) in [5, 5.41) is 6.06. The first kappa shape index (κ1) is 17.1. The van der Waals surface area contributed by atoms with Crippen LogP contribution in [0.5, 0.6) is 0 Å². The maximum absolute atomic E-state index is 12.0. The quantitative estimate of drug-likeness (QED) is 0.836. The molecule has 3 rings (SSSR count). The SMILES string of the molecule is O=C(CCc1nc(-c2ccccc2)cs1)NCCN1CCOCC1. The fourth-order valence-corrected chi connectivity index (χ4v) is 3.46. The molecule has 0 aliphatic carbocycles. The molecule has 1 N–H and O–H groups in total. The smallest absolute Gasteiger partial charge is 0.220 e. The van der Waals surface area contributed by atoms with Crippen LogP contribution in [-0.4, -0.2) is 55.2 Å². The van der Waals surface area contributed by atoms with Crippen molar-refractivity contribution < 1.29 is 9.53 Å². The second-order valence-electron chi connectivity index (χ2n) is 5.80. The van der Waals surface area contributed by atoms with Crippen LogP contribution in [0.3, 0.4) is 0 Å². The van der Waals surface area contributed by atoms with Crippen molar-refractivity contribution in [2.45, 2.75) is 12.8 Å². The van der Waals surface area contributed by atoms with Gasteiger partial charge in [-0.1, -0.05) is 30.3 Å². The summed E-state index contributed by atoms with van der Waals surface area (Å²) < 4.78 is 5.31. The van der Waals surface area contributed by atoms with Gasteiger partial charge in [-0.05, 0) is 0 Å². The lowest BCUT2D eigenvalue weighted by Gasteiger charge is -2.26. The van der Waals surface area contributed by atoms with Gasteiger partial charge in [-0.25, -0.2) is 4.98 Å². The predicted molar refractivity (Wildman–Crippen MR) is 96.1 cm³/mol. The van der Waals surface area contributed by atoms with E-state index < -0.39 is 0 Å². The van der Waals surface area contributed by atoms with Crippen molar-refractivity contribution in [2.75, 3.05) is 39.4 Å². The number of aryl methyl sites for hydroxylation is 1. The lowest BCUT2D eigenvalue weighted by atomic mass is 10.2. The average Bonchev–Trinajstić information content (AvgIpc) is 3.11. The fraction of sp³-hybridized carbons (Fsp3) is 0.444. The number of hydrogen-bond donors (Lipinski definition) is 1. The average molecular weight is 345 g/mol. The number of aromatic nitrogens is 1. The van der Waals surface area contributed by atoms with Crippen LogP contribution in [0.2, 0.25) is 0 Å². The summed E-state index contributed by atoms with van der Waals surface area (Å²) in [4.78, 5) is 18.9. The molecule has 128 valence electrons. The molecule has 24 heavy (non-hydrogen) atoms. The summed E-state index contributed by atoms with van der Waals surface area (Å²) in [5.74, 6) is 0.0970. The van der Waals surface area contributed by atoms with Crippen molar-refractivity contribution >= 4 is 17.2 Å². The molecule has 1 aromatic heterocycles. The Morgan fingerprint density at radius 1 is 1.25 bits per heavy atom. The number of rotatable bonds is 7. The number of nitrogens with one attached hydrogen (secondary N) is 1. The van der Waals surface area contributed by atoms with Gasteiger partial charge < -0.3 is 10.1 Å². The fourth-order valence-electron chi connectivity index (χ4n) is 2.65. The Bertz CT molecular complexity index is 639. The first-order valence-electron chi connectivity index (χ1n) is 8.38. The monoisotopic (exact) mass is 345 g/mol. The normalized spacial score (nSPS) is 15.3. The van der Waals surface area contributed by atoms with Gasteiger partial charge in [-0.3, -0.25) is 9.69 Å². The van der Waals surface area contributed by atoms with Crippen LogP contribution in [0.1, 0.15) is 11.4 Å². The molecule has 1 aliphatic rings. The molecule has 1 aliphatic heterocycles. The van der Waals surface area contributed by atoms with Crippen LogP contribution < -0.4 is 5.32 Å².